The summed E-state index contributed by atoms with van der Waals surface area (Å²) in [5, 5.41) is 2.67. The molecule has 0 saturated heterocycles. The molecule has 154 valence electrons. The topological polar surface area (TPSA) is 89.6 Å². The molecular weight excluding hydrogens is 432 g/mol. The number of nitrogens with zero attached hydrogens (tertiary/aromatic N) is 2. The number of anilines is 1. The van der Waals surface area contributed by atoms with Crippen molar-refractivity contribution in [2.45, 2.75) is 18.4 Å². The first-order valence-electron chi connectivity index (χ1n) is 8.26. The number of amidine groups is 1. The molecule has 0 aliphatic carbocycles. The van der Waals surface area contributed by atoms with E-state index in [1.54, 1.807) is 0 Å². The predicted octanol–water partition coefficient (Wildman–Crippen LogP) is 4.02. The Morgan fingerprint density at radius 3 is 2.72 bits per heavy atom. The summed E-state index contributed by atoms with van der Waals surface area (Å²) in [5.74, 6) is -5.42. The first-order chi connectivity index (χ1) is 13.5. The highest BCUT2D eigenvalue weighted by Crippen LogP contribution is 2.44. The molecule has 0 fully saturated rings. The van der Waals surface area contributed by atoms with Gasteiger partial charge in [-0.3, -0.25) is 9.79 Å². The minimum Gasteiger partial charge on any atom is -0.385 e. The van der Waals surface area contributed by atoms with E-state index in [0.717, 1.165) is 19.1 Å². The van der Waals surface area contributed by atoms with E-state index in [2.05, 4.69) is 15.3 Å². The number of carbonyl (C=O) groups is 1. The van der Waals surface area contributed by atoms with E-state index in [4.69, 9.17) is 33.7 Å². The Bertz CT molecular complexity index is 1000. The number of ether oxygens (including phenoxy) is 1. The van der Waals surface area contributed by atoms with Crippen molar-refractivity contribution in [3.05, 3.63) is 57.6 Å². The Kier molecular flexibility index (Phi) is 5.75. The molecule has 1 aliphatic heterocycles. The van der Waals surface area contributed by atoms with Gasteiger partial charge >= 0.3 is 0 Å². The zero-order valence-electron chi connectivity index (χ0n) is 15.0. The van der Waals surface area contributed by atoms with Crippen LogP contribution < -0.4 is 11.1 Å². The van der Waals surface area contributed by atoms with Gasteiger partial charge in [-0.05, 0) is 31.2 Å². The van der Waals surface area contributed by atoms with Crippen LogP contribution in [0.1, 0.15) is 23.0 Å². The van der Waals surface area contributed by atoms with Crippen LogP contribution in [0.25, 0.3) is 0 Å². The van der Waals surface area contributed by atoms with Crippen LogP contribution in [0.4, 0.5) is 18.9 Å². The number of rotatable bonds is 3. The van der Waals surface area contributed by atoms with Crippen LogP contribution in [0.5, 0.6) is 0 Å². The van der Waals surface area contributed by atoms with Crippen LogP contribution in [-0.4, -0.2) is 35.9 Å². The van der Waals surface area contributed by atoms with Gasteiger partial charge in [0.25, 0.3) is 11.8 Å². The largest absolute Gasteiger partial charge is 0.385 e. The van der Waals surface area contributed by atoms with E-state index in [1.165, 1.54) is 18.3 Å². The molecule has 3 rings (SSSR count). The molecule has 3 N–H and O–H groups in total. The van der Waals surface area contributed by atoms with E-state index in [0.29, 0.717) is 0 Å². The minimum absolute atomic E-state index is 0.00544. The van der Waals surface area contributed by atoms with Gasteiger partial charge in [-0.15, -0.1) is 0 Å². The van der Waals surface area contributed by atoms with Crippen LogP contribution in [0.3, 0.4) is 0 Å². The highest BCUT2D eigenvalue weighted by molar-refractivity contribution is 6.36. The van der Waals surface area contributed by atoms with E-state index in [9.17, 15) is 18.0 Å². The Balaban J connectivity index is 2.00. The summed E-state index contributed by atoms with van der Waals surface area (Å²) in [6.07, 6.45) is 1.23. The molecule has 2 heterocycles. The molecule has 2 aromatic rings. The van der Waals surface area contributed by atoms with Crippen LogP contribution in [0.2, 0.25) is 10.0 Å². The fraction of sp³-hybridized carbons (Fsp3) is 0.278. The first kappa shape index (κ1) is 21.4. The number of alkyl halides is 2. The number of aromatic nitrogens is 1. The summed E-state index contributed by atoms with van der Waals surface area (Å²) < 4.78 is 48.8. The van der Waals surface area contributed by atoms with Crippen LogP contribution >= 0.6 is 23.2 Å². The molecule has 1 aromatic carbocycles. The molecule has 1 aromatic heterocycles. The fourth-order valence-corrected chi connectivity index (χ4v) is 3.30. The van der Waals surface area contributed by atoms with E-state index in [1.807, 2.05) is 0 Å². The highest BCUT2D eigenvalue weighted by Gasteiger charge is 2.54. The maximum absolute atomic E-state index is 14.7. The molecule has 29 heavy (non-hydrogen) atoms. The number of amides is 1. The van der Waals surface area contributed by atoms with Gasteiger partial charge in [0.1, 0.15) is 30.6 Å². The fourth-order valence-electron chi connectivity index (χ4n) is 2.83. The second-order valence-electron chi connectivity index (χ2n) is 6.51. The Labute approximate surface area is 173 Å². The zero-order valence-corrected chi connectivity index (χ0v) is 16.5. The van der Waals surface area contributed by atoms with Gasteiger partial charge in [-0.1, -0.05) is 23.2 Å². The average molecular weight is 447 g/mol. The molecule has 0 radical (unpaired) electrons. The average Bonchev–Trinajstić information content (AvgIpc) is 2.72. The van der Waals surface area contributed by atoms with Gasteiger partial charge in [0.2, 0.25) is 0 Å². The molecule has 0 unspecified atom stereocenters. The van der Waals surface area contributed by atoms with Gasteiger partial charge in [-0.25, -0.2) is 18.2 Å². The normalized spacial score (nSPS) is 21.2. The maximum Gasteiger partial charge on any atom is 0.299 e. The third kappa shape index (κ3) is 4.17. The Hall–Kier alpha value is -2.36. The number of nitrogens with two attached hydrogens (primary N) is 1. The molecule has 0 spiro atoms. The van der Waals surface area contributed by atoms with Crippen molar-refractivity contribution in [3.8, 4) is 0 Å². The van der Waals surface area contributed by atoms with Crippen molar-refractivity contribution in [3.63, 3.8) is 0 Å². The van der Waals surface area contributed by atoms with Gasteiger partial charge in [0.15, 0.2) is 5.54 Å². The summed E-state index contributed by atoms with van der Waals surface area (Å²) >= 11 is 11.7. The molecule has 6 nitrogen and oxygen atoms in total. The monoisotopic (exact) mass is 446 g/mol. The maximum atomic E-state index is 14.7. The van der Waals surface area contributed by atoms with E-state index < -0.39 is 35.4 Å². The minimum atomic E-state index is -3.56. The lowest BCUT2D eigenvalue weighted by Crippen LogP contribution is -2.45. The third-order valence-corrected chi connectivity index (χ3v) is 4.88. The number of hydrogen-bond donors (Lipinski definition) is 2. The van der Waals surface area contributed by atoms with Crippen molar-refractivity contribution < 1.29 is 22.7 Å². The first-order valence-corrected chi connectivity index (χ1v) is 9.01. The number of aliphatic imine (C=N–C) groups is 1. The van der Waals surface area contributed by atoms with Crippen molar-refractivity contribution in [2.75, 3.05) is 18.5 Å². The van der Waals surface area contributed by atoms with Crippen LogP contribution in [0.15, 0.2) is 35.5 Å². The summed E-state index contributed by atoms with van der Waals surface area (Å²) in [6.45, 7) is -0.242. The van der Waals surface area contributed by atoms with Crippen LogP contribution in [-0.2, 0) is 10.3 Å². The van der Waals surface area contributed by atoms with Gasteiger partial charge in [0, 0.05) is 17.4 Å². The summed E-state index contributed by atoms with van der Waals surface area (Å²) in [5.41, 5.74) is 2.72. The Morgan fingerprint density at radius 1 is 1.31 bits per heavy atom. The molecular formula is C18H15Cl2F3N4O2. The summed E-state index contributed by atoms with van der Waals surface area (Å²) in [6, 6.07) is 4.54. The van der Waals surface area contributed by atoms with E-state index >= 15 is 0 Å². The molecule has 0 saturated carbocycles. The van der Waals surface area contributed by atoms with Crippen molar-refractivity contribution >= 4 is 40.6 Å². The molecule has 11 heteroatoms. The highest BCUT2D eigenvalue weighted by atomic mass is 35.5. The lowest BCUT2D eigenvalue weighted by Gasteiger charge is -2.33. The molecule has 0 bridgehead atoms. The second kappa shape index (κ2) is 7.81. The lowest BCUT2D eigenvalue weighted by molar-refractivity contribution is -0.116. The zero-order chi connectivity index (χ0) is 21.4. The molecule has 1 amide bonds. The standard InChI is InChI=1S/C18H15Cl2F3N4O2/c1-17(18(22,23)8-29-7-14(24)27-17)11-5-10(2-3-13(11)21)26-16(28)15-12(20)4-9(19)6-25-15/h2-6H,7-8H2,1H3,(H2,24,27)(H,26,28)/t17-/m1/s1. The molecule has 1 atom stereocenters. The van der Waals surface area contributed by atoms with Crippen molar-refractivity contribution in [1.29, 1.82) is 0 Å². The van der Waals surface area contributed by atoms with E-state index in [-0.39, 0.29) is 33.9 Å². The van der Waals surface area contributed by atoms with Crippen molar-refractivity contribution in [1.82, 2.24) is 4.98 Å². The number of benzene rings is 1. The molecule has 1 aliphatic rings. The SMILES string of the molecule is C[C@]1(c2cc(NC(=O)c3ncc(Cl)cc3Cl)ccc2F)N=C(N)COCC1(F)F. The Morgan fingerprint density at radius 2 is 2.03 bits per heavy atom. The summed E-state index contributed by atoms with van der Waals surface area (Å²) in [7, 11) is 0. The quantitative estimate of drug-likeness (QED) is 0.744. The number of carbonyl (C=O) groups excluding carboxylic acids is 1. The lowest BCUT2D eigenvalue weighted by atomic mass is 9.85. The van der Waals surface area contributed by atoms with Crippen molar-refractivity contribution in [2.24, 2.45) is 10.7 Å². The predicted molar refractivity (Wildman–Crippen MR) is 103 cm³/mol. The number of hydrogen-bond acceptors (Lipinski definition) is 5. The number of halogens is 5. The van der Waals surface area contributed by atoms with Gasteiger partial charge in [0.05, 0.1) is 10.0 Å². The second-order valence-corrected chi connectivity index (χ2v) is 7.35. The summed E-state index contributed by atoms with van der Waals surface area (Å²) in [4.78, 5) is 20.1. The third-order valence-electron chi connectivity index (χ3n) is 4.38. The smallest absolute Gasteiger partial charge is 0.299 e. The van der Waals surface area contributed by atoms with Gasteiger partial charge in [-0.2, -0.15) is 0 Å². The number of pyridine rings is 1. The number of nitrogens with one attached hydrogen (secondary N) is 1. The van der Waals surface area contributed by atoms with Crippen LogP contribution in [0, 0.1) is 5.82 Å². The van der Waals surface area contributed by atoms with Gasteiger partial charge < -0.3 is 15.8 Å².